The average molecular weight is 399 g/mol. The maximum absolute atomic E-state index is 12.7. The predicted octanol–water partition coefficient (Wildman–Crippen LogP) is 1.23. The molecular weight excluding hydrogens is 374 g/mol. The number of hydrogen-bond acceptors (Lipinski definition) is 7. The molecule has 1 aliphatic rings. The number of hydrogen-bond donors (Lipinski definition) is 0. The quantitative estimate of drug-likeness (QED) is 0.661. The molecule has 2 rings (SSSR count). The molecule has 0 aliphatic carbocycles. The SMILES string of the molecule is CC[C@@H](C)N(C(=O)COC(=O)c1c(C)cc(=O)oc1C)[C@@H]1CCS(=O)(=O)C1. The van der Waals surface area contributed by atoms with Gasteiger partial charge in [0.25, 0.3) is 5.91 Å². The number of esters is 1. The number of nitrogens with zero attached hydrogens (tertiary/aromatic N) is 1. The van der Waals surface area contributed by atoms with E-state index in [1.807, 2.05) is 13.8 Å². The van der Waals surface area contributed by atoms with Crippen molar-refractivity contribution in [3.05, 3.63) is 33.4 Å². The first-order valence-electron chi connectivity index (χ1n) is 8.85. The monoisotopic (exact) mass is 399 g/mol. The van der Waals surface area contributed by atoms with Crippen LogP contribution in [-0.4, -0.2) is 55.4 Å². The minimum absolute atomic E-state index is 0.0547. The van der Waals surface area contributed by atoms with E-state index in [2.05, 4.69) is 0 Å². The van der Waals surface area contributed by atoms with Crippen molar-refractivity contribution < 1.29 is 27.2 Å². The summed E-state index contributed by atoms with van der Waals surface area (Å²) >= 11 is 0. The van der Waals surface area contributed by atoms with Gasteiger partial charge in [0.05, 0.1) is 11.5 Å². The third kappa shape index (κ3) is 4.97. The van der Waals surface area contributed by atoms with Gasteiger partial charge in [-0.2, -0.15) is 0 Å². The van der Waals surface area contributed by atoms with Gasteiger partial charge in [-0.1, -0.05) is 6.92 Å². The molecule has 0 aromatic carbocycles. The highest BCUT2D eigenvalue weighted by Gasteiger charge is 2.36. The summed E-state index contributed by atoms with van der Waals surface area (Å²) in [6.45, 7) is 6.29. The van der Waals surface area contributed by atoms with Crippen molar-refractivity contribution in [2.45, 2.75) is 52.6 Å². The Morgan fingerprint density at radius 3 is 2.56 bits per heavy atom. The van der Waals surface area contributed by atoms with E-state index in [1.54, 1.807) is 6.92 Å². The third-order valence-electron chi connectivity index (χ3n) is 4.82. The highest BCUT2D eigenvalue weighted by Crippen LogP contribution is 2.22. The molecule has 1 amide bonds. The number of sulfone groups is 1. The molecule has 1 aliphatic heterocycles. The first-order valence-corrected chi connectivity index (χ1v) is 10.7. The van der Waals surface area contributed by atoms with E-state index in [0.29, 0.717) is 18.4 Å². The molecule has 0 N–H and O–H groups in total. The van der Waals surface area contributed by atoms with Crippen LogP contribution < -0.4 is 5.63 Å². The van der Waals surface area contributed by atoms with Crippen LogP contribution in [0.25, 0.3) is 0 Å². The highest BCUT2D eigenvalue weighted by molar-refractivity contribution is 7.91. The lowest BCUT2D eigenvalue weighted by Crippen LogP contribution is -2.48. The maximum atomic E-state index is 12.7. The van der Waals surface area contributed by atoms with Crippen molar-refractivity contribution in [1.82, 2.24) is 4.90 Å². The molecule has 2 atom stereocenters. The van der Waals surface area contributed by atoms with Crippen LogP contribution in [0.1, 0.15) is 48.4 Å². The van der Waals surface area contributed by atoms with Crippen LogP contribution in [0.15, 0.2) is 15.3 Å². The van der Waals surface area contributed by atoms with Crippen molar-refractivity contribution in [2.24, 2.45) is 0 Å². The van der Waals surface area contributed by atoms with Crippen LogP contribution in [0.2, 0.25) is 0 Å². The topological polar surface area (TPSA) is 111 Å². The normalized spacial score (nSPS) is 19.5. The van der Waals surface area contributed by atoms with E-state index in [4.69, 9.17) is 9.15 Å². The lowest BCUT2D eigenvalue weighted by molar-refractivity contribution is -0.138. The van der Waals surface area contributed by atoms with Crippen LogP contribution in [-0.2, 0) is 19.4 Å². The van der Waals surface area contributed by atoms with E-state index in [9.17, 15) is 22.8 Å². The minimum atomic E-state index is -3.15. The van der Waals surface area contributed by atoms with E-state index < -0.39 is 40.0 Å². The summed E-state index contributed by atoms with van der Waals surface area (Å²) < 4.78 is 33.6. The first kappa shape index (κ1) is 21.1. The zero-order valence-corrected chi connectivity index (χ0v) is 16.8. The predicted molar refractivity (Wildman–Crippen MR) is 98.4 cm³/mol. The van der Waals surface area contributed by atoms with Gasteiger partial charge >= 0.3 is 11.6 Å². The largest absolute Gasteiger partial charge is 0.452 e. The van der Waals surface area contributed by atoms with Crippen molar-refractivity contribution >= 4 is 21.7 Å². The Labute approximate surface area is 158 Å². The zero-order chi connectivity index (χ0) is 20.4. The number of rotatable bonds is 6. The molecule has 1 saturated heterocycles. The number of aryl methyl sites for hydroxylation is 2. The molecule has 1 aromatic rings. The van der Waals surface area contributed by atoms with Crippen LogP contribution in [0, 0.1) is 13.8 Å². The van der Waals surface area contributed by atoms with Gasteiger partial charge in [-0.25, -0.2) is 18.0 Å². The Bertz CT molecular complexity index is 861. The van der Waals surface area contributed by atoms with E-state index in [0.717, 1.165) is 0 Å². The number of carbonyl (C=O) groups excluding carboxylic acids is 2. The summed E-state index contributed by atoms with van der Waals surface area (Å²) in [6, 6.07) is 0.599. The summed E-state index contributed by atoms with van der Waals surface area (Å²) in [6.07, 6.45) is 1.03. The molecule has 0 saturated carbocycles. The van der Waals surface area contributed by atoms with E-state index in [1.165, 1.54) is 17.9 Å². The Morgan fingerprint density at radius 2 is 2.04 bits per heavy atom. The fourth-order valence-electron chi connectivity index (χ4n) is 3.34. The lowest BCUT2D eigenvalue weighted by Gasteiger charge is -2.33. The van der Waals surface area contributed by atoms with Crippen molar-refractivity contribution in [1.29, 1.82) is 0 Å². The molecule has 2 heterocycles. The average Bonchev–Trinajstić information content (AvgIpc) is 2.91. The Morgan fingerprint density at radius 1 is 1.37 bits per heavy atom. The summed E-state index contributed by atoms with van der Waals surface area (Å²) in [7, 11) is -3.15. The summed E-state index contributed by atoms with van der Waals surface area (Å²) in [4.78, 5) is 37.9. The highest BCUT2D eigenvalue weighted by atomic mass is 32.2. The summed E-state index contributed by atoms with van der Waals surface area (Å²) in [5.41, 5.74) is -0.0502. The molecule has 0 radical (unpaired) electrons. The van der Waals surface area contributed by atoms with Gasteiger partial charge < -0.3 is 14.1 Å². The smallest absolute Gasteiger partial charge is 0.342 e. The second kappa shape index (κ2) is 8.24. The fraction of sp³-hybridized carbons (Fsp3) is 0.611. The Kier molecular flexibility index (Phi) is 6.46. The molecule has 1 aromatic heterocycles. The van der Waals surface area contributed by atoms with Crippen LogP contribution in [0.3, 0.4) is 0 Å². The van der Waals surface area contributed by atoms with Gasteiger partial charge in [0.15, 0.2) is 16.4 Å². The molecule has 0 spiro atoms. The van der Waals surface area contributed by atoms with Gasteiger partial charge in [0, 0.05) is 18.2 Å². The molecule has 0 bridgehead atoms. The van der Waals surface area contributed by atoms with Crippen LogP contribution >= 0.6 is 0 Å². The standard InChI is InChI=1S/C18H25NO7S/c1-5-12(3)19(14-6-7-27(23,24)10-14)15(20)9-25-18(22)17-11(2)8-16(21)26-13(17)4/h8,12,14H,5-7,9-10H2,1-4H3/t12-,14-/m1/s1. The van der Waals surface area contributed by atoms with Gasteiger partial charge in [-0.05, 0) is 39.2 Å². The summed E-state index contributed by atoms with van der Waals surface area (Å²) in [5, 5.41) is 0. The molecule has 9 heteroatoms. The second-order valence-corrected chi connectivity index (χ2v) is 9.10. The summed E-state index contributed by atoms with van der Waals surface area (Å²) in [5.74, 6) is -1.09. The Balaban J connectivity index is 2.12. The lowest BCUT2D eigenvalue weighted by atomic mass is 10.1. The minimum Gasteiger partial charge on any atom is -0.452 e. The van der Waals surface area contributed by atoms with E-state index >= 15 is 0 Å². The van der Waals surface area contributed by atoms with Gasteiger partial charge in [-0.15, -0.1) is 0 Å². The van der Waals surface area contributed by atoms with Crippen molar-refractivity contribution in [3.8, 4) is 0 Å². The van der Waals surface area contributed by atoms with Crippen molar-refractivity contribution in [3.63, 3.8) is 0 Å². The van der Waals surface area contributed by atoms with Crippen LogP contribution in [0.5, 0.6) is 0 Å². The third-order valence-corrected chi connectivity index (χ3v) is 6.57. The van der Waals surface area contributed by atoms with Gasteiger partial charge in [-0.3, -0.25) is 4.79 Å². The molecule has 150 valence electrons. The molecule has 1 fully saturated rings. The zero-order valence-electron chi connectivity index (χ0n) is 16.0. The number of ether oxygens (including phenoxy) is 1. The molecule has 8 nitrogen and oxygen atoms in total. The first-order chi connectivity index (χ1) is 12.6. The van der Waals surface area contributed by atoms with E-state index in [-0.39, 0.29) is 28.9 Å². The fourth-order valence-corrected chi connectivity index (χ4v) is 5.05. The second-order valence-electron chi connectivity index (χ2n) is 6.87. The number of amides is 1. The van der Waals surface area contributed by atoms with Gasteiger partial charge in [0.2, 0.25) is 0 Å². The molecular formula is C18H25NO7S. The molecule has 27 heavy (non-hydrogen) atoms. The number of carbonyl (C=O) groups is 2. The van der Waals surface area contributed by atoms with Gasteiger partial charge in [0.1, 0.15) is 11.3 Å². The molecule has 0 unspecified atom stereocenters. The van der Waals surface area contributed by atoms with Crippen molar-refractivity contribution in [2.75, 3.05) is 18.1 Å². The Hall–Kier alpha value is -2.16. The maximum Gasteiger partial charge on any atom is 0.342 e. The van der Waals surface area contributed by atoms with Crippen LogP contribution in [0.4, 0.5) is 0 Å².